The van der Waals surface area contributed by atoms with Crippen molar-refractivity contribution < 1.29 is 9.21 Å². The summed E-state index contributed by atoms with van der Waals surface area (Å²) in [7, 11) is 0. The van der Waals surface area contributed by atoms with Gasteiger partial charge in [-0.25, -0.2) is 0 Å². The van der Waals surface area contributed by atoms with Crippen LogP contribution in [0.25, 0.3) is 11.5 Å². The molecular formula is C13H15N3O2. The molecule has 0 saturated heterocycles. The van der Waals surface area contributed by atoms with Crippen LogP contribution in [0.15, 0.2) is 29.0 Å². The van der Waals surface area contributed by atoms with E-state index in [2.05, 4.69) is 15.5 Å². The Morgan fingerprint density at radius 1 is 1.39 bits per heavy atom. The quantitative estimate of drug-likeness (QED) is 0.902. The number of aromatic nitrogens is 2. The van der Waals surface area contributed by atoms with E-state index < -0.39 is 0 Å². The zero-order chi connectivity index (χ0) is 13.1. The van der Waals surface area contributed by atoms with Crippen LogP contribution in [0.5, 0.6) is 0 Å². The molecule has 2 aromatic rings. The Balaban J connectivity index is 2.23. The van der Waals surface area contributed by atoms with Gasteiger partial charge in [0, 0.05) is 17.2 Å². The van der Waals surface area contributed by atoms with E-state index in [9.17, 15) is 4.79 Å². The first-order valence-corrected chi connectivity index (χ1v) is 5.76. The SMILES string of the molecule is Cc1cc(-c2nnco2)ccc1NC(=O)C(C)C. The number of carbonyl (C=O) groups excluding carboxylic acids is 1. The third kappa shape index (κ3) is 2.56. The largest absolute Gasteiger partial charge is 0.423 e. The zero-order valence-corrected chi connectivity index (χ0v) is 10.6. The van der Waals surface area contributed by atoms with Gasteiger partial charge in [0.2, 0.25) is 18.2 Å². The van der Waals surface area contributed by atoms with Crippen molar-refractivity contribution >= 4 is 11.6 Å². The van der Waals surface area contributed by atoms with Gasteiger partial charge in [-0.1, -0.05) is 13.8 Å². The monoisotopic (exact) mass is 245 g/mol. The van der Waals surface area contributed by atoms with Gasteiger partial charge in [0.15, 0.2) is 0 Å². The Kier molecular flexibility index (Phi) is 3.41. The number of hydrogen-bond donors (Lipinski definition) is 1. The first-order chi connectivity index (χ1) is 8.58. The topological polar surface area (TPSA) is 68.0 Å². The van der Waals surface area contributed by atoms with Crippen molar-refractivity contribution in [1.29, 1.82) is 0 Å². The zero-order valence-electron chi connectivity index (χ0n) is 10.6. The van der Waals surface area contributed by atoms with Crippen LogP contribution in [0.4, 0.5) is 5.69 Å². The predicted molar refractivity (Wildman–Crippen MR) is 67.9 cm³/mol. The van der Waals surface area contributed by atoms with Crippen LogP contribution < -0.4 is 5.32 Å². The van der Waals surface area contributed by atoms with Gasteiger partial charge in [0.25, 0.3) is 0 Å². The van der Waals surface area contributed by atoms with Gasteiger partial charge in [-0.15, -0.1) is 10.2 Å². The van der Waals surface area contributed by atoms with E-state index in [0.29, 0.717) is 5.89 Å². The van der Waals surface area contributed by atoms with Crippen LogP contribution in [0.2, 0.25) is 0 Å². The lowest BCUT2D eigenvalue weighted by molar-refractivity contribution is -0.118. The standard InChI is InChI=1S/C13H15N3O2/c1-8(2)12(17)15-11-5-4-10(6-9(11)3)13-16-14-7-18-13/h4-8H,1-3H3,(H,15,17). The van der Waals surface area contributed by atoms with E-state index in [0.717, 1.165) is 16.8 Å². The second-order valence-electron chi connectivity index (χ2n) is 4.42. The number of hydrogen-bond acceptors (Lipinski definition) is 4. The lowest BCUT2D eigenvalue weighted by Crippen LogP contribution is -2.18. The second-order valence-corrected chi connectivity index (χ2v) is 4.42. The molecule has 1 aromatic carbocycles. The number of carbonyl (C=O) groups is 1. The van der Waals surface area contributed by atoms with Gasteiger partial charge in [-0.3, -0.25) is 4.79 Å². The maximum atomic E-state index is 11.6. The smallest absolute Gasteiger partial charge is 0.247 e. The molecule has 94 valence electrons. The van der Waals surface area contributed by atoms with Crippen molar-refractivity contribution in [1.82, 2.24) is 10.2 Å². The average Bonchev–Trinajstić information content (AvgIpc) is 2.85. The minimum Gasteiger partial charge on any atom is -0.423 e. The number of amides is 1. The molecular weight excluding hydrogens is 230 g/mol. The summed E-state index contributed by atoms with van der Waals surface area (Å²) in [4.78, 5) is 11.6. The van der Waals surface area contributed by atoms with E-state index in [4.69, 9.17) is 4.42 Å². The number of rotatable bonds is 3. The van der Waals surface area contributed by atoms with Crippen molar-refractivity contribution in [2.24, 2.45) is 5.92 Å². The molecule has 0 aliphatic carbocycles. The van der Waals surface area contributed by atoms with Crippen LogP contribution >= 0.6 is 0 Å². The van der Waals surface area contributed by atoms with E-state index in [1.165, 1.54) is 6.39 Å². The molecule has 0 bridgehead atoms. The highest BCUT2D eigenvalue weighted by molar-refractivity contribution is 5.93. The molecule has 0 aliphatic heterocycles. The molecule has 0 aliphatic rings. The summed E-state index contributed by atoms with van der Waals surface area (Å²) in [5, 5.41) is 10.4. The van der Waals surface area contributed by atoms with Crippen molar-refractivity contribution in [2.75, 3.05) is 5.32 Å². The molecule has 0 atom stereocenters. The fraction of sp³-hybridized carbons (Fsp3) is 0.308. The number of aryl methyl sites for hydroxylation is 1. The molecule has 1 N–H and O–H groups in total. The van der Waals surface area contributed by atoms with Gasteiger partial charge >= 0.3 is 0 Å². The Labute approximate surface area is 105 Å². The summed E-state index contributed by atoms with van der Waals surface area (Å²) < 4.78 is 5.12. The maximum absolute atomic E-state index is 11.6. The Bertz CT molecular complexity index is 547. The molecule has 1 amide bonds. The number of benzene rings is 1. The highest BCUT2D eigenvalue weighted by Gasteiger charge is 2.10. The van der Waals surface area contributed by atoms with Crippen LogP contribution in [0, 0.1) is 12.8 Å². The summed E-state index contributed by atoms with van der Waals surface area (Å²) in [6, 6.07) is 5.59. The Hall–Kier alpha value is -2.17. The van der Waals surface area contributed by atoms with Crippen molar-refractivity contribution in [2.45, 2.75) is 20.8 Å². The summed E-state index contributed by atoms with van der Waals surface area (Å²) in [6.07, 6.45) is 1.29. The van der Waals surface area contributed by atoms with Crippen LogP contribution in [0.1, 0.15) is 19.4 Å². The van der Waals surface area contributed by atoms with Crippen LogP contribution in [0.3, 0.4) is 0 Å². The average molecular weight is 245 g/mol. The van der Waals surface area contributed by atoms with E-state index in [1.807, 2.05) is 39.0 Å². The summed E-state index contributed by atoms with van der Waals surface area (Å²) in [6.45, 7) is 5.64. The number of anilines is 1. The minimum atomic E-state index is -0.0417. The van der Waals surface area contributed by atoms with Gasteiger partial charge < -0.3 is 9.73 Å². The molecule has 5 nitrogen and oxygen atoms in total. The molecule has 18 heavy (non-hydrogen) atoms. The Morgan fingerprint density at radius 2 is 2.17 bits per heavy atom. The molecule has 0 saturated carbocycles. The lowest BCUT2D eigenvalue weighted by Gasteiger charge is -2.10. The van der Waals surface area contributed by atoms with E-state index in [-0.39, 0.29) is 11.8 Å². The highest BCUT2D eigenvalue weighted by atomic mass is 16.4. The maximum Gasteiger partial charge on any atom is 0.247 e. The van der Waals surface area contributed by atoms with Gasteiger partial charge in [-0.05, 0) is 30.7 Å². The molecule has 0 fully saturated rings. The van der Waals surface area contributed by atoms with Gasteiger partial charge in [0.05, 0.1) is 0 Å². The fourth-order valence-corrected chi connectivity index (χ4v) is 1.51. The molecule has 5 heteroatoms. The minimum absolute atomic E-state index is 0.00337. The predicted octanol–water partition coefficient (Wildman–Crippen LogP) is 2.64. The van der Waals surface area contributed by atoms with E-state index in [1.54, 1.807) is 0 Å². The lowest BCUT2D eigenvalue weighted by atomic mass is 10.1. The number of nitrogens with zero attached hydrogens (tertiary/aromatic N) is 2. The molecule has 0 spiro atoms. The van der Waals surface area contributed by atoms with Crippen LogP contribution in [-0.4, -0.2) is 16.1 Å². The molecule has 2 rings (SSSR count). The van der Waals surface area contributed by atoms with Gasteiger partial charge in [-0.2, -0.15) is 0 Å². The molecule has 0 radical (unpaired) electrons. The van der Waals surface area contributed by atoms with Crippen molar-refractivity contribution in [3.05, 3.63) is 30.2 Å². The van der Waals surface area contributed by atoms with Crippen molar-refractivity contribution in [3.8, 4) is 11.5 Å². The van der Waals surface area contributed by atoms with E-state index >= 15 is 0 Å². The fourth-order valence-electron chi connectivity index (χ4n) is 1.51. The second kappa shape index (κ2) is 5.00. The molecule has 1 aromatic heterocycles. The van der Waals surface area contributed by atoms with Gasteiger partial charge in [0.1, 0.15) is 0 Å². The third-order valence-corrected chi connectivity index (χ3v) is 2.62. The molecule has 0 unspecified atom stereocenters. The van der Waals surface area contributed by atoms with Crippen LogP contribution in [-0.2, 0) is 4.79 Å². The summed E-state index contributed by atoms with van der Waals surface area (Å²) in [5.41, 5.74) is 2.60. The van der Waals surface area contributed by atoms with Crippen molar-refractivity contribution in [3.63, 3.8) is 0 Å². The Morgan fingerprint density at radius 3 is 2.72 bits per heavy atom. The highest BCUT2D eigenvalue weighted by Crippen LogP contribution is 2.23. The first kappa shape index (κ1) is 12.3. The normalized spacial score (nSPS) is 10.7. The summed E-state index contributed by atoms with van der Waals surface area (Å²) in [5.74, 6) is 0.434. The summed E-state index contributed by atoms with van der Waals surface area (Å²) >= 11 is 0. The molecule has 1 heterocycles. The first-order valence-electron chi connectivity index (χ1n) is 5.76. The number of nitrogens with one attached hydrogen (secondary N) is 1. The third-order valence-electron chi connectivity index (χ3n) is 2.62.